The number of nitrogens with two attached hydrogens (primary N) is 1. The Hall–Kier alpha value is -3.79. The van der Waals surface area contributed by atoms with Crippen molar-refractivity contribution in [1.29, 1.82) is 0 Å². The zero-order valence-electron chi connectivity index (χ0n) is 19.2. The predicted octanol–water partition coefficient (Wildman–Crippen LogP) is 3.29. The molecule has 2 N–H and O–H groups in total. The summed E-state index contributed by atoms with van der Waals surface area (Å²) < 4.78 is 44.1. The molecule has 2 aliphatic heterocycles. The number of guanidine groups is 1. The monoisotopic (exact) mass is 493 g/mol. The van der Waals surface area contributed by atoms with Crippen LogP contribution in [-0.4, -0.2) is 48.4 Å². The molecule has 0 radical (unpaired) electrons. The largest absolute Gasteiger partial charge is 0.382 e. The highest BCUT2D eigenvalue weighted by Gasteiger charge is 2.50. The topological polar surface area (TPSA) is 110 Å². The van der Waals surface area contributed by atoms with E-state index in [0.29, 0.717) is 36.0 Å². The van der Waals surface area contributed by atoms with Crippen LogP contribution in [-0.2, 0) is 15.7 Å². The lowest BCUT2D eigenvalue weighted by Crippen LogP contribution is -2.41. The summed E-state index contributed by atoms with van der Waals surface area (Å²) in [5, 5.41) is -0.676. The van der Waals surface area contributed by atoms with Gasteiger partial charge in [-0.05, 0) is 60.9 Å². The minimum atomic E-state index is -3.73. The molecule has 1 aromatic heterocycles. The van der Waals surface area contributed by atoms with Crippen LogP contribution in [0.1, 0.15) is 25.0 Å². The number of rotatable bonds is 6. The number of pyridine rings is 1. The van der Waals surface area contributed by atoms with Crippen LogP contribution in [0.2, 0.25) is 0 Å². The molecule has 10 heteroatoms. The second kappa shape index (κ2) is 8.46. The molecule has 35 heavy (non-hydrogen) atoms. The van der Waals surface area contributed by atoms with Crippen molar-refractivity contribution in [2.75, 3.05) is 13.1 Å². The Bertz CT molecular complexity index is 1450. The van der Waals surface area contributed by atoms with E-state index in [1.165, 1.54) is 6.20 Å². The van der Waals surface area contributed by atoms with Crippen LogP contribution in [0.25, 0.3) is 11.1 Å². The summed E-state index contributed by atoms with van der Waals surface area (Å²) in [5.41, 5.74) is 7.71. The van der Waals surface area contributed by atoms with Gasteiger partial charge in [0, 0.05) is 18.3 Å². The molecular formula is C25H24FN5O3S. The molecule has 180 valence electrons. The van der Waals surface area contributed by atoms with E-state index < -0.39 is 26.9 Å². The normalized spacial score (nSPS) is 19.5. The molecule has 0 bridgehead atoms. The van der Waals surface area contributed by atoms with Crippen molar-refractivity contribution in [3.63, 3.8) is 0 Å². The van der Waals surface area contributed by atoms with Crippen molar-refractivity contribution in [2.24, 2.45) is 15.7 Å². The third-order valence-corrected chi connectivity index (χ3v) is 7.71. The minimum absolute atomic E-state index is 0.198. The Kier molecular flexibility index (Phi) is 5.55. The first-order chi connectivity index (χ1) is 16.7. The van der Waals surface area contributed by atoms with Crippen LogP contribution in [0, 0.1) is 5.95 Å². The van der Waals surface area contributed by atoms with Gasteiger partial charge in [-0.2, -0.15) is 12.8 Å². The first-order valence-electron chi connectivity index (χ1n) is 11.2. The Balaban J connectivity index is 1.64. The van der Waals surface area contributed by atoms with E-state index in [0.717, 1.165) is 11.1 Å². The van der Waals surface area contributed by atoms with Gasteiger partial charge in [0.1, 0.15) is 11.6 Å². The van der Waals surface area contributed by atoms with Crippen molar-refractivity contribution in [3.05, 3.63) is 83.9 Å². The molecule has 3 heterocycles. The van der Waals surface area contributed by atoms with Crippen LogP contribution in [0.15, 0.2) is 76.8 Å². The van der Waals surface area contributed by atoms with Crippen LogP contribution in [0.5, 0.6) is 5.75 Å². The first-order valence-corrected chi connectivity index (χ1v) is 12.6. The zero-order chi connectivity index (χ0) is 24.8. The molecule has 0 fully saturated rings. The molecule has 2 aromatic carbocycles. The summed E-state index contributed by atoms with van der Waals surface area (Å²) in [4.78, 5) is 15.2. The second-order valence-corrected chi connectivity index (χ2v) is 10.7. The van der Waals surface area contributed by atoms with Gasteiger partial charge in [0.25, 0.3) is 0 Å². The van der Waals surface area contributed by atoms with Gasteiger partial charge in [0.2, 0.25) is 5.95 Å². The maximum Gasteiger partial charge on any atom is 0.311 e. The fourth-order valence-corrected chi connectivity index (χ4v) is 4.88. The van der Waals surface area contributed by atoms with Crippen molar-refractivity contribution in [1.82, 2.24) is 9.88 Å². The quantitative estimate of drug-likeness (QED) is 0.417. The average molecular weight is 494 g/mol. The smallest absolute Gasteiger partial charge is 0.311 e. The van der Waals surface area contributed by atoms with E-state index in [2.05, 4.69) is 4.98 Å². The summed E-state index contributed by atoms with van der Waals surface area (Å²) in [6.45, 7) is 4.29. The van der Waals surface area contributed by atoms with E-state index in [1.54, 1.807) is 56.3 Å². The Morgan fingerprint density at radius 1 is 1.09 bits per heavy atom. The van der Waals surface area contributed by atoms with Crippen LogP contribution in [0.4, 0.5) is 4.39 Å². The number of nitrogens with zero attached hydrogens (tertiary/aromatic N) is 4. The molecule has 0 saturated carbocycles. The van der Waals surface area contributed by atoms with E-state index in [-0.39, 0.29) is 5.75 Å². The number of aliphatic imine (C=N–C) groups is 2. The third-order valence-electron chi connectivity index (χ3n) is 6.14. The standard InChI is InChI=1S/C25H24FN5O3S/c1-16(2)35(32,33)34-20-10-8-18(9-11-20)25(23-29-13-14-31(23)24(27)30-25)19-6-3-5-17(15-19)21-7-4-12-28-22(21)26/h3-12,15-16H,13-14H2,1-2H3,(H2,27,30). The molecule has 0 amide bonds. The fourth-order valence-electron chi connectivity index (χ4n) is 4.31. The van der Waals surface area contributed by atoms with Gasteiger partial charge in [-0.1, -0.05) is 30.3 Å². The van der Waals surface area contributed by atoms with Crippen molar-refractivity contribution in [2.45, 2.75) is 24.6 Å². The van der Waals surface area contributed by atoms with E-state index in [1.807, 2.05) is 23.1 Å². The van der Waals surface area contributed by atoms with Gasteiger partial charge < -0.3 is 9.92 Å². The number of aromatic nitrogens is 1. The van der Waals surface area contributed by atoms with Gasteiger partial charge >= 0.3 is 10.1 Å². The number of benzene rings is 2. The average Bonchev–Trinajstić information content (AvgIpc) is 3.43. The molecule has 8 nitrogen and oxygen atoms in total. The Morgan fingerprint density at radius 2 is 1.86 bits per heavy atom. The lowest BCUT2D eigenvalue weighted by molar-refractivity contribution is 0.477. The van der Waals surface area contributed by atoms with E-state index in [9.17, 15) is 12.8 Å². The van der Waals surface area contributed by atoms with Crippen molar-refractivity contribution >= 4 is 21.9 Å². The van der Waals surface area contributed by atoms with Crippen LogP contribution in [0.3, 0.4) is 0 Å². The summed E-state index contributed by atoms with van der Waals surface area (Å²) in [5.74, 6) is 0.633. The van der Waals surface area contributed by atoms with Crippen molar-refractivity contribution in [3.8, 4) is 16.9 Å². The van der Waals surface area contributed by atoms with Gasteiger partial charge in [-0.15, -0.1) is 0 Å². The molecule has 0 spiro atoms. The molecule has 1 atom stereocenters. The summed E-state index contributed by atoms with van der Waals surface area (Å²) >= 11 is 0. The molecule has 2 aliphatic rings. The highest BCUT2D eigenvalue weighted by atomic mass is 32.2. The van der Waals surface area contributed by atoms with Gasteiger partial charge in [0.05, 0.1) is 11.8 Å². The van der Waals surface area contributed by atoms with E-state index in [4.69, 9.17) is 19.9 Å². The van der Waals surface area contributed by atoms with E-state index >= 15 is 0 Å². The van der Waals surface area contributed by atoms with Crippen molar-refractivity contribution < 1.29 is 17.0 Å². The van der Waals surface area contributed by atoms with Gasteiger partial charge in [0.15, 0.2) is 11.5 Å². The summed E-state index contributed by atoms with van der Waals surface area (Å²) in [7, 11) is -3.73. The molecule has 0 saturated heterocycles. The number of hydrogen-bond donors (Lipinski definition) is 1. The van der Waals surface area contributed by atoms with Gasteiger partial charge in [-0.3, -0.25) is 9.89 Å². The lowest BCUT2D eigenvalue weighted by atomic mass is 9.81. The maximum absolute atomic E-state index is 14.5. The minimum Gasteiger partial charge on any atom is -0.382 e. The SMILES string of the molecule is CC(C)S(=O)(=O)Oc1ccc(C2(c3cccc(-c4cccnc4F)c3)N=C(N)N3CCN=C32)cc1. The summed E-state index contributed by atoms with van der Waals surface area (Å²) in [6.07, 6.45) is 1.40. The molecule has 5 rings (SSSR count). The highest BCUT2D eigenvalue weighted by molar-refractivity contribution is 7.87. The molecule has 0 aliphatic carbocycles. The predicted molar refractivity (Wildman–Crippen MR) is 132 cm³/mol. The number of fused-ring (bicyclic) bond motifs is 1. The first kappa shape index (κ1) is 23.0. The van der Waals surface area contributed by atoms with Gasteiger partial charge in [-0.25, -0.2) is 9.98 Å². The van der Waals surface area contributed by atoms with Crippen LogP contribution < -0.4 is 9.92 Å². The van der Waals surface area contributed by atoms with Crippen LogP contribution >= 0.6 is 0 Å². The lowest BCUT2D eigenvalue weighted by Gasteiger charge is -2.29. The maximum atomic E-state index is 14.5. The summed E-state index contributed by atoms with van der Waals surface area (Å²) in [6, 6.07) is 17.4. The zero-order valence-corrected chi connectivity index (χ0v) is 20.0. The number of hydrogen-bond acceptors (Lipinski definition) is 8. The second-order valence-electron chi connectivity index (χ2n) is 8.61. The molecule has 1 unspecified atom stereocenters. The fraction of sp³-hybridized carbons (Fsp3) is 0.240. The number of amidine groups is 1. The molecule has 3 aromatic rings. The Morgan fingerprint density at radius 3 is 2.57 bits per heavy atom. The number of halogens is 1. The highest BCUT2D eigenvalue weighted by Crippen LogP contribution is 2.43. The molecular weight excluding hydrogens is 469 g/mol. The third kappa shape index (κ3) is 3.83. The Labute approximate surface area is 203 Å².